The average molecular weight is 930 g/mol. The van der Waals surface area contributed by atoms with Gasteiger partial charge in [0, 0.05) is 36.7 Å². The highest BCUT2D eigenvalue weighted by molar-refractivity contribution is 6.75. The first kappa shape index (κ1) is 55.1. The molecule has 12 heteroatoms. The minimum atomic E-state index is -2.28. The summed E-state index contributed by atoms with van der Waals surface area (Å²) in [5, 5.41) is 4.01. The third kappa shape index (κ3) is 14.6. The lowest BCUT2D eigenvalue weighted by Crippen LogP contribution is -2.70. The predicted octanol–water partition coefficient (Wildman–Crippen LogP) is 14.3. The highest BCUT2D eigenvalue weighted by Gasteiger charge is 2.55. The maximum atomic E-state index is 7.76. The van der Waals surface area contributed by atoms with Gasteiger partial charge in [0.2, 0.25) is 0 Å². The van der Waals surface area contributed by atoms with Crippen LogP contribution in [0.4, 0.5) is 5.69 Å². The number of hydrogen-bond acceptors (Lipinski definition) is 8. The summed E-state index contributed by atoms with van der Waals surface area (Å²) in [6, 6.07) is 8.65. The molecule has 1 aliphatic heterocycles. The van der Waals surface area contributed by atoms with Gasteiger partial charge in [0.1, 0.15) is 0 Å². The van der Waals surface area contributed by atoms with Crippen molar-refractivity contribution in [2.45, 2.75) is 232 Å². The Morgan fingerprint density at radius 3 is 1.58 bits per heavy atom. The number of benzene rings is 1. The van der Waals surface area contributed by atoms with Gasteiger partial charge in [0.15, 0.2) is 39.1 Å². The molecule has 1 fully saturated rings. The third-order valence-electron chi connectivity index (χ3n) is 15.4. The number of nitrogens with zero attached hydrogens (tertiary/aromatic N) is 3. The molecule has 2 heterocycles. The number of rotatable bonds is 18. The zero-order valence-corrected chi connectivity index (χ0v) is 48.4. The van der Waals surface area contributed by atoms with Gasteiger partial charge in [0.25, 0.3) is 0 Å². The number of likely N-dealkylation sites (tertiary alicyclic amines) is 1. The Morgan fingerprint density at radius 2 is 1.08 bits per heavy atom. The molecule has 4 atom stereocenters. The molecule has 0 radical (unpaired) electrons. The average Bonchev–Trinajstić information content (AvgIpc) is 3.10. The van der Waals surface area contributed by atoms with E-state index in [-0.39, 0.29) is 49.9 Å². The summed E-state index contributed by atoms with van der Waals surface area (Å²) in [4.78, 5) is 11.8. The van der Waals surface area contributed by atoms with Crippen molar-refractivity contribution >= 4 is 39.0 Å². The van der Waals surface area contributed by atoms with Crippen LogP contribution in [-0.2, 0) is 23.1 Å². The molecule has 3 rings (SSSR count). The van der Waals surface area contributed by atoms with E-state index >= 15 is 0 Å². The van der Waals surface area contributed by atoms with Crippen molar-refractivity contribution in [3.05, 3.63) is 42.2 Å². The molecule has 0 spiro atoms. The Kier molecular flexibility index (Phi) is 18.1. The molecule has 62 heavy (non-hydrogen) atoms. The Balaban J connectivity index is 1.96. The first-order chi connectivity index (χ1) is 27.9. The highest BCUT2D eigenvalue weighted by atomic mass is 28.4. The van der Waals surface area contributed by atoms with Gasteiger partial charge in [-0.05, 0) is 127 Å². The number of hydrogen-bond donors (Lipinski definition) is 1. The summed E-state index contributed by atoms with van der Waals surface area (Å²) in [5.41, 5.74) is 3.48. The fourth-order valence-electron chi connectivity index (χ4n) is 6.82. The number of piperidine rings is 1. The Bertz CT molecular complexity index is 1700. The molecule has 1 N–H and O–H groups in total. The van der Waals surface area contributed by atoms with Gasteiger partial charge >= 0.3 is 0 Å². The van der Waals surface area contributed by atoms with Crippen LogP contribution in [0.5, 0.6) is 0 Å². The van der Waals surface area contributed by atoms with Crippen molar-refractivity contribution in [1.82, 2.24) is 14.9 Å². The van der Waals surface area contributed by atoms with Gasteiger partial charge in [0.05, 0.1) is 31.0 Å². The smallest absolute Gasteiger partial charge is 0.192 e. The molecule has 0 saturated carbocycles. The standard InChI is InChI=1S/C50H96N4O4Si4/c1-46(2,3)39-33-38(45-52-30-28-31-53-45)34-40(35-39)51-29-26-24-25-27-32-54-36-42(56-60(18,19)48(7,8)9)44(58-62(22,23)50(13,14)15)43(57-61(20,21)49(10,11)12)41(54)37-55-59(16,17)47(4,5)6/h28,30-31,33-35,41-44,51H,24-27,29,32,36-37H2,1-23H3/t41-,42?,43?,44?/m1/s1. The Morgan fingerprint density at radius 1 is 0.597 bits per heavy atom. The maximum absolute atomic E-state index is 7.76. The molecular weight excluding hydrogens is 833 g/mol. The molecule has 1 saturated heterocycles. The fourth-order valence-corrected chi connectivity index (χ4v) is 11.8. The van der Waals surface area contributed by atoms with Crippen LogP contribution < -0.4 is 5.32 Å². The number of unbranched alkanes of at least 4 members (excludes halogenated alkanes) is 3. The zero-order chi connectivity index (χ0) is 47.5. The summed E-state index contributed by atoms with van der Waals surface area (Å²) in [7, 11) is -8.81. The predicted molar refractivity (Wildman–Crippen MR) is 278 cm³/mol. The van der Waals surface area contributed by atoms with E-state index in [1.807, 2.05) is 18.5 Å². The van der Waals surface area contributed by atoms with Crippen molar-refractivity contribution in [3.63, 3.8) is 0 Å². The molecule has 1 aliphatic rings. The second kappa shape index (κ2) is 20.3. The minimum Gasteiger partial charge on any atom is -0.415 e. The van der Waals surface area contributed by atoms with Crippen LogP contribution in [0.2, 0.25) is 72.5 Å². The van der Waals surface area contributed by atoms with Crippen LogP contribution in [0.15, 0.2) is 36.7 Å². The molecule has 8 nitrogen and oxygen atoms in total. The zero-order valence-electron chi connectivity index (χ0n) is 44.4. The van der Waals surface area contributed by atoms with Gasteiger partial charge in [-0.1, -0.05) is 117 Å². The summed E-state index contributed by atoms with van der Waals surface area (Å²) in [5.74, 6) is 0.763. The lowest BCUT2D eigenvalue weighted by Gasteiger charge is -2.56. The second-order valence-corrected chi connectivity index (χ2v) is 44.8. The van der Waals surface area contributed by atoms with Crippen LogP contribution in [0.3, 0.4) is 0 Å². The van der Waals surface area contributed by atoms with E-state index in [4.69, 9.17) is 17.7 Å². The number of anilines is 1. The van der Waals surface area contributed by atoms with E-state index in [2.05, 4.69) is 195 Å². The molecule has 0 amide bonds. The van der Waals surface area contributed by atoms with Crippen LogP contribution in [0, 0.1) is 0 Å². The van der Waals surface area contributed by atoms with E-state index in [0.29, 0.717) is 6.61 Å². The van der Waals surface area contributed by atoms with Crippen molar-refractivity contribution in [2.75, 3.05) is 31.6 Å². The minimum absolute atomic E-state index is 0.0175. The van der Waals surface area contributed by atoms with E-state index in [0.717, 1.165) is 62.4 Å². The molecule has 3 unspecified atom stereocenters. The van der Waals surface area contributed by atoms with Crippen LogP contribution in [0.1, 0.15) is 135 Å². The van der Waals surface area contributed by atoms with Crippen molar-refractivity contribution in [1.29, 1.82) is 0 Å². The summed E-state index contributed by atoms with van der Waals surface area (Å²) >= 11 is 0. The lowest BCUT2D eigenvalue weighted by atomic mass is 9.85. The normalized spacial score (nSPS) is 20.8. The molecular formula is C50H96N4O4Si4. The number of nitrogens with one attached hydrogen (secondary N) is 1. The molecule has 2 aromatic rings. The largest absolute Gasteiger partial charge is 0.415 e. The van der Waals surface area contributed by atoms with E-state index < -0.39 is 33.3 Å². The Hall–Kier alpha value is -1.23. The molecule has 1 aromatic heterocycles. The second-order valence-electron chi connectivity index (χ2n) is 25.7. The van der Waals surface area contributed by atoms with Gasteiger partial charge in [-0.15, -0.1) is 0 Å². The van der Waals surface area contributed by atoms with Crippen LogP contribution in [-0.4, -0.2) is 98.7 Å². The van der Waals surface area contributed by atoms with Gasteiger partial charge in [-0.3, -0.25) is 4.90 Å². The topological polar surface area (TPSA) is 78.0 Å². The van der Waals surface area contributed by atoms with E-state index in [1.54, 1.807) is 0 Å². The van der Waals surface area contributed by atoms with Crippen LogP contribution >= 0.6 is 0 Å². The molecule has 0 aliphatic carbocycles. The third-order valence-corrected chi connectivity index (χ3v) is 33.4. The number of aromatic nitrogens is 2. The summed E-state index contributed by atoms with van der Waals surface area (Å²) in [6.45, 7) is 57.7. The van der Waals surface area contributed by atoms with Gasteiger partial charge in [-0.2, -0.15) is 0 Å². The molecule has 0 bridgehead atoms. The van der Waals surface area contributed by atoms with Crippen LogP contribution in [0.25, 0.3) is 11.4 Å². The molecule has 356 valence electrons. The van der Waals surface area contributed by atoms with E-state index in [9.17, 15) is 0 Å². The quantitative estimate of drug-likeness (QED) is 0.117. The highest BCUT2D eigenvalue weighted by Crippen LogP contribution is 2.46. The maximum Gasteiger partial charge on any atom is 0.192 e. The van der Waals surface area contributed by atoms with Gasteiger partial charge < -0.3 is 23.0 Å². The SMILES string of the molecule is CC(C)(C)c1cc(NCCCCCCN2CC(O[Si](C)(C)C(C)(C)C)C(O[Si](C)(C)C(C)(C)C)C(O[Si](C)(C)C(C)(C)C)[C@H]2CO[Si](C)(C)C(C)(C)C)cc(-c2ncccn2)c1. The monoisotopic (exact) mass is 929 g/mol. The first-order valence-corrected chi connectivity index (χ1v) is 35.6. The first-order valence-electron chi connectivity index (χ1n) is 24.0. The Labute approximate surface area is 386 Å². The van der Waals surface area contributed by atoms with Crippen molar-refractivity contribution in [3.8, 4) is 11.4 Å². The van der Waals surface area contributed by atoms with Crippen molar-refractivity contribution < 1.29 is 17.7 Å². The van der Waals surface area contributed by atoms with E-state index in [1.165, 1.54) is 5.56 Å². The fraction of sp³-hybridized carbons (Fsp3) is 0.800. The summed E-state index contributed by atoms with van der Waals surface area (Å²) in [6.07, 6.45) is 7.72. The lowest BCUT2D eigenvalue weighted by molar-refractivity contribution is -0.128. The van der Waals surface area contributed by atoms with Crippen molar-refractivity contribution in [2.24, 2.45) is 0 Å². The molecule has 1 aromatic carbocycles. The summed E-state index contributed by atoms with van der Waals surface area (Å²) < 4.78 is 30.2. The van der Waals surface area contributed by atoms with Gasteiger partial charge in [-0.25, -0.2) is 9.97 Å².